The van der Waals surface area contributed by atoms with Crippen molar-refractivity contribution in [2.24, 2.45) is 5.73 Å². The van der Waals surface area contributed by atoms with Crippen LogP contribution in [0, 0.1) is 19.3 Å². The predicted octanol–water partition coefficient (Wildman–Crippen LogP) is 9.79. The molecule has 0 radical (unpaired) electrons. The van der Waals surface area contributed by atoms with Gasteiger partial charge in [-0.25, -0.2) is 21.6 Å². The van der Waals surface area contributed by atoms with Crippen LogP contribution in [0.1, 0.15) is 25.0 Å². The molecule has 4 aromatic carbocycles. The molecule has 2 aromatic heterocycles. The summed E-state index contributed by atoms with van der Waals surface area (Å²) in [6.45, 7) is 13.5. The standard InChI is InChI=1S/C35H27ClFN3O2S2/c1-21-8-12-26(13-9-21)44(41,42)40-31-15-11-25(37)20-29(31)32(28-16-17-43-34(28)39-4)33(40)23-7-5-6-22(18-23)27-14-10-24(19-30(27)36)35(2,3)38/h5-20H,38H2,1-3H3. The number of nitrogens with two attached hydrogens (primary N) is 1. The molecule has 220 valence electrons. The summed E-state index contributed by atoms with van der Waals surface area (Å²) >= 11 is 8.02. The lowest BCUT2D eigenvalue weighted by atomic mass is 9.92. The summed E-state index contributed by atoms with van der Waals surface area (Å²) in [6.07, 6.45) is 0. The van der Waals surface area contributed by atoms with Crippen molar-refractivity contribution in [1.82, 2.24) is 3.97 Å². The molecule has 0 saturated heterocycles. The minimum atomic E-state index is -4.19. The first-order valence-electron chi connectivity index (χ1n) is 13.7. The maximum Gasteiger partial charge on any atom is 0.268 e. The average molecular weight is 640 g/mol. The molecule has 0 fully saturated rings. The molecule has 0 spiro atoms. The minimum Gasteiger partial charge on any atom is -0.322 e. The third-order valence-electron chi connectivity index (χ3n) is 7.62. The summed E-state index contributed by atoms with van der Waals surface area (Å²) in [5, 5.41) is 3.04. The number of fused-ring (bicyclic) bond motifs is 1. The van der Waals surface area contributed by atoms with Gasteiger partial charge in [0, 0.05) is 38.2 Å². The Balaban J connectivity index is 1.70. The van der Waals surface area contributed by atoms with Gasteiger partial charge in [0.1, 0.15) is 5.82 Å². The summed E-state index contributed by atoms with van der Waals surface area (Å²) in [5.41, 5.74) is 11.2. The number of thiophene rings is 1. The van der Waals surface area contributed by atoms with Crippen LogP contribution >= 0.6 is 22.9 Å². The monoisotopic (exact) mass is 639 g/mol. The van der Waals surface area contributed by atoms with Crippen molar-refractivity contribution in [2.75, 3.05) is 0 Å². The molecule has 0 aliphatic rings. The number of rotatable bonds is 6. The highest BCUT2D eigenvalue weighted by Gasteiger charge is 2.30. The van der Waals surface area contributed by atoms with Crippen LogP contribution in [0.5, 0.6) is 0 Å². The van der Waals surface area contributed by atoms with Crippen LogP contribution < -0.4 is 5.73 Å². The maximum absolute atomic E-state index is 14.9. The summed E-state index contributed by atoms with van der Waals surface area (Å²) in [5.74, 6) is -0.516. The number of hydrogen-bond donors (Lipinski definition) is 1. The number of hydrogen-bond acceptors (Lipinski definition) is 4. The van der Waals surface area contributed by atoms with Crippen LogP contribution in [0.25, 0.3) is 49.3 Å². The lowest BCUT2D eigenvalue weighted by Gasteiger charge is -2.20. The molecule has 9 heteroatoms. The Bertz CT molecular complexity index is 2220. The first-order chi connectivity index (χ1) is 20.9. The first kappa shape index (κ1) is 29.8. The molecule has 6 aromatic rings. The fourth-order valence-corrected chi connectivity index (χ4v) is 7.92. The van der Waals surface area contributed by atoms with E-state index >= 15 is 0 Å². The summed E-state index contributed by atoms with van der Waals surface area (Å²) < 4.78 is 45.1. The fourth-order valence-electron chi connectivity index (χ4n) is 5.40. The molecule has 2 heterocycles. The number of nitrogens with zero attached hydrogens (tertiary/aromatic N) is 2. The molecule has 0 aliphatic heterocycles. The van der Waals surface area contributed by atoms with E-state index in [1.54, 1.807) is 35.7 Å². The molecule has 5 nitrogen and oxygen atoms in total. The normalized spacial score (nSPS) is 12.0. The Morgan fingerprint density at radius 3 is 2.34 bits per heavy atom. The largest absolute Gasteiger partial charge is 0.322 e. The van der Waals surface area contributed by atoms with Crippen LogP contribution in [0.4, 0.5) is 9.39 Å². The molecular weight excluding hydrogens is 613 g/mol. The van der Waals surface area contributed by atoms with Crippen molar-refractivity contribution in [1.29, 1.82) is 0 Å². The van der Waals surface area contributed by atoms with Gasteiger partial charge in [0.25, 0.3) is 10.0 Å². The average Bonchev–Trinajstić information content (AvgIpc) is 3.59. The third kappa shape index (κ3) is 5.12. The van der Waals surface area contributed by atoms with E-state index in [9.17, 15) is 12.8 Å². The molecule has 44 heavy (non-hydrogen) atoms. The molecule has 0 saturated carbocycles. The van der Waals surface area contributed by atoms with Gasteiger partial charge in [0.15, 0.2) is 0 Å². The number of halogens is 2. The molecule has 2 N–H and O–H groups in total. The molecule has 0 bridgehead atoms. The second-order valence-electron chi connectivity index (χ2n) is 11.2. The predicted molar refractivity (Wildman–Crippen MR) is 178 cm³/mol. The van der Waals surface area contributed by atoms with Crippen molar-refractivity contribution in [3.63, 3.8) is 0 Å². The van der Waals surface area contributed by atoms with E-state index in [4.69, 9.17) is 23.9 Å². The molecule has 0 atom stereocenters. The van der Waals surface area contributed by atoms with Gasteiger partial charge in [0.05, 0.1) is 22.7 Å². The Hall–Kier alpha value is -4.26. The van der Waals surface area contributed by atoms with Crippen molar-refractivity contribution in [3.05, 3.63) is 130 Å². The van der Waals surface area contributed by atoms with Gasteiger partial charge in [-0.1, -0.05) is 65.7 Å². The second-order valence-corrected chi connectivity index (χ2v) is 14.3. The highest BCUT2D eigenvalue weighted by Crippen LogP contribution is 2.48. The van der Waals surface area contributed by atoms with Gasteiger partial charge in [0.2, 0.25) is 5.00 Å². The highest BCUT2D eigenvalue weighted by atomic mass is 35.5. The van der Waals surface area contributed by atoms with Gasteiger partial charge < -0.3 is 5.73 Å². The SMILES string of the molecule is [C-]#[N+]c1sccc1-c1c(-c2cccc(-c3ccc(C(C)(C)N)cc3Cl)c2)n(S(=O)(=O)c2ccc(C)cc2)c2ccc(F)cc12. The van der Waals surface area contributed by atoms with Crippen LogP contribution in [-0.4, -0.2) is 12.4 Å². The van der Waals surface area contributed by atoms with Gasteiger partial charge in [-0.05, 0) is 79.7 Å². The second kappa shape index (κ2) is 11.0. The zero-order valence-electron chi connectivity index (χ0n) is 24.1. The number of benzene rings is 4. The van der Waals surface area contributed by atoms with E-state index in [1.807, 2.05) is 63.2 Å². The summed E-state index contributed by atoms with van der Waals surface area (Å²) in [6, 6.07) is 25.5. The Morgan fingerprint density at radius 2 is 1.66 bits per heavy atom. The van der Waals surface area contributed by atoms with E-state index in [2.05, 4.69) is 4.85 Å². The minimum absolute atomic E-state index is 0.0898. The van der Waals surface area contributed by atoms with Gasteiger partial charge in [-0.3, -0.25) is 0 Å². The Kier molecular flexibility index (Phi) is 7.47. The van der Waals surface area contributed by atoms with Gasteiger partial charge in [-0.2, -0.15) is 11.3 Å². The molecule has 0 unspecified atom stereocenters. The number of aromatic nitrogens is 1. The third-order valence-corrected chi connectivity index (χ3v) is 10.5. The summed E-state index contributed by atoms with van der Waals surface area (Å²) in [7, 11) is -4.19. The lowest BCUT2D eigenvalue weighted by Crippen LogP contribution is -2.28. The zero-order chi connectivity index (χ0) is 31.4. The fraction of sp³-hybridized carbons (Fsp3) is 0.114. The van der Waals surface area contributed by atoms with Crippen molar-refractivity contribution >= 4 is 48.9 Å². The Labute approximate surface area is 264 Å². The van der Waals surface area contributed by atoms with Crippen LogP contribution in [0.3, 0.4) is 0 Å². The molecule has 0 amide bonds. The van der Waals surface area contributed by atoms with Crippen LogP contribution in [0.2, 0.25) is 5.02 Å². The van der Waals surface area contributed by atoms with Gasteiger partial charge >= 0.3 is 0 Å². The maximum atomic E-state index is 14.9. The van der Waals surface area contributed by atoms with E-state index in [0.717, 1.165) is 22.3 Å². The van der Waals surface area contributed by atoms with Crippen molar-refractivity contribution in [2.45, 2.75) is 31.2 Å². The first-order valence-corrected chi connectivity index (χ1v) is 16.4. The van der Waals surface area contributed by atoms with Crippen molar-refractivity contribution < 1.29 is 12.8 Å². The molecule has 6 rings (SSSR count). The topological polar surface area (TPSA) is 69.5 Å². The highest BCUT2D eigenvalue weighted by molar-refractivity contribution is 7.90. The van der Waals surface area contributed by atoms with E-state index < -0.39 is 21.4 Å². The molecular formula is C35H27ClFN3O2S2. The quantitative estimate of drug-likeness (QED) is 0.184. The van der Waals surface area contributed by atoms with Crippen molar-refractivity contribution in [3.8, 4) is 33.5 Å². The lowest BCUT2D eigenvalue weighted by molar-refractivity contribution is 0.554. The van der Waals surface area contributed by atoms with Gasteiger partial charge in [-0.15, -0.1) is 0 Å². The smallest absolute Gasteiger partial charge is 0.268 e. The number of aryl methyl sites for hydroxylation is 1. The van der Waals surface area contributed by atoms with E-state index in [-0.39, 0.29) is 4.90 Å². The van der Waals surface area contributed by atoms with Crippen LogP contribution in [-0.2, 0) is 15.6 Å². The Morgan fingerprint density at radius 1 is 0.932 bits per heavy atom. The van der Waals surface area contributed by atoms with E-state index in [0.29, 0.717) is 43.3 Å². The molecule has 0 aliphatic carbocycles. The van der Waals surface area contributed by atoms with Crippen LogP contribution in [0.15, 0.2) is 101 Å². The van der Waals surface area contributed by atoms with E-state index in [1.165, 1.54) is 33.5 Å². The zero-order valence-corrected chi connectivity index (χ0v) is 26.5. The summed E-state index contributed by atoms with van der Waals surface area (Å²) in [4.78, 5) is 3.79.